The van der Waals surface area contributed by atoms with Crippen molar-refractivity contribution in [3.05, 3.63) is 106 Å². The van der Waals surface area contributed by atoms with Crippen molar-refractivity contribution in [1.82, 2.24) is 10.2 Å². The predicted molar refractivity (Wildman–Crippen MR) is 117 cm³/mol. The van der Waals surface area contributed by atoms with E-state index in [9.17, 15) is 14.4 Å². The molecule has 1 heterocycles. The van der Waals surface area contributed by atoms with Crippen LogP contribution in [-0.4, -0.2) is 29.2 Å². The lowest BCUT2D eigenvalue weighted by molar-refractivity contribution is -0.121. The number of fused-ring (bicyclic) bond motifs is 1. The number of hydrogen-bond acceptors (Lipinski definition) is 3. The number of benzene rings is 3. The molecule has 30 heavy (non-hydrogen) atoms. The molecule has 1 aliphatic heterocycles. The van der Waals surface area contributed by atoms with Crippen LogP contribution in [0.3, 0.4) is 0 Å². The van der Waals surface area contributed by atoms with Crippen LogP contribution in [0.1, 0.15) is 44.3 Å². The minimum Gasteiger partial charge on any atom is -0.345 e. The average Bonchev–Trinajstić information content (AvgIpc) is 3.02. The average molecular weight is 463 g/mol. The van der Waals surface area contributed by atoms with Gasteiger partial charge in [0.1, 0.15) is 0 Å². The summed E-state index contributed by atoms with van der Waals surface area (Å²) >= 11 is 3.56. The SMILES string of the molecule is O=C(CCN1C(=O)c2ccccc2C1=O)N[C@H](c1ccccc1)c1ccccc1Br. The van der Waals surface area contributed by atoms with Gasteiger partial charge in [0.2, 0.25) is 5.91 Å². The van der Waals surface area contributed by atoms with Crippen LogP contribution in [0.25, 0.3) is 0 Å². The van der Waals surface area contributed by atoms with Crippen molar-refractivity contribution in [3.63, 3.8) is 0 Å². The van der Waals surface area contributed by atoms with Gasteiger partial charge in [-0.15, -0.1) is 0 Å². The molecule has 1 N–H and O–H groups in total. The lowest BCUT2D eigenvalue weighted by atomic mass is 9.98. The topological polar surface area (TPSA) is 66.5 Å². The maximum absolute atomic E-state index is 12.8. The molecule has 150 valence electrons. The number of carbonyl (C=O) groups excluding carboxylic acids is 3. The van der Waals surface area contributed by atoms with Crippen LogP contribution in [0.15, 0.2) is 83.3 Å². The van der Waals surface area contributed by atoms with Gasteiger partial charge in [0.15, 0.2) is 0 Å². The van der Waals surface area contributed by atoms with Gasteiger partial charge >= 0.3 is 0 Å². The van der Waals surface area contributed by atoms with Gasteiger partial charge in [0.25, 0.3) is 11.8 Å². The lowest BCUT2D eigenvalue weighted by Crippen LogP contribution is -2.36. The van der Waals surface area contributed by atoms with Crippen molar-refractivity contribution in [2.45, 2.75) is 12.5 Å². The van der Waals surface area contributed by atoms with Crippen molar-refractivity contribution in [3.8, 4) is 0 Å². The Morgan fingerprint density at radius 1 is 0.833 bits per heavy atom. The number of imide groups is 1. The summed E-state index contributed by atoms with van der Waals surface area (Å²) in [5.41, 5.74) is 2.65. The van der Waals surface area contributed by atoms with Gasteiger partial charge in [-0.05, 0) is 29.3 Å². The molecule has 0 fully saturated rings. The maximum atomic E-state index is 12.8. The molecule has 0 unspecified atom stereocenters. The molecule has 1 aliphatic rings. The third kappa shape index (κ3) is 3.91. The van der Waals surface area contributed by atoms with Crippen molar-refractivity contribution in [2.24, 2.45) is 0 Å². The lowest BCUT2D eigenvalue weighted by Gasteiger charge is -2.22. The molecule has 0 aromatic heterocycles. The van der Waals surface area contributed by atoms with Crippen LogP contribution in [0.5, 0.6) is 0 Å². The monoisotopic (exact) mass is 462 g/mol. The Morgan fingerprint density at radius 3 is 2.03 bits per heavy atom. The van der Waals surface area contributed by atoms with Crippen LogP contribution in [0.4, 0.5) is 0 Å². The Labute approximate surface area is 182 Å². The Kier molecular flexibility index (Phi) is 5.77. The van der Waals surface area contributed by atoms with Crippen LogP contribution < -0.4 is 5.32 Å². The summed E-state index contributed by atoms with van der Waals surface area (Å²) < 4.78 is 0.888. The number of halogens is 1. The highest BCUT2D eigenvalue weighted by Gasteiger charge is 2.35. The van der Waals surface area contributed by atoms with E-state index in [4.69, 9.17) is 0 Å². The minimum atomic E-state index is -0.353. The minimum absolute atomic E-state index is 0.0270. The Hall–Kier alpha value is -3.25. The van der Waals surface area contributed by atoms with Crippen molar-refractivity contribution >= 4 is 33.7 Å². The maximum Gasteiger partial charge on any atom is 0.261 e. The van der Waals surface area contributed by atoms with E-state index in [0.717, 1.165) is 20.5 Å². The van der Waals surface area contributed by atoms with E-state index in [2.05, 4.69) is 21.2 Å². The number of carbonyl (C=O) groups is 3. The van der Waals surface area contributed by atoms with Crippen molar-refractivity contribution in [1.29, 1.82) is 0 Å². The van der Waals surface area contributed by atoms with E-state index < -0.39 is 0 Å². The standard InChI is InChI=1S/C24H19BrN2O3/c25-20-13-7-6-12-19(20)22(16-8-2-1-3-9-16)26-21(28)14-15-27-23(29)17-10-4-5-11-18(17)24(27)30/h1-13,22H,14-15H2,(H,26,28)/t22-/m1/s1. The molecule has 3 aromatic rings. The Balaban J connectivity index is 1.49. The zero-order chi connectivity index (χ0) is 21.1. The second kappa shape index (κ2) is 8.63. The summed E-state index contributed by atoms with van der Waals surface area (Å²) in [5.74, 6) is -0.946. The highest BCUT2D eigenvalue weighted by molar-refractivity contribution is 9.10. The van der Waals surface area contributed by atoms with Crippen LogP contribution in [-0.2, 0) is 4.79 Å². The van der Waals surface area contributed by atoms with Gasteiger partial charge < -0.3 is 5.32 Å². The van der Waals surface area contributed by atoms with Gasteiger partial charge in [-0.25, -0.2) is 0 Å². The second-order valence-electron chi connectivity index (χ2n) is 6.99. The first-order valence-electron chi connectivity index (χ1n) is 9.60. The van der Waals surface area contributed by atoms with E-state index in [0.29, 0.717) is 11.1 Å². The van der Waals surface area contributed by atoms with E-state index in [-0.39, 0.29) is 36.7 Å². The fourth-order valence-electron chi connectivity index (χ4n) is 3.58. The third-order valence-corrected chi connectivity index (χ3v) is 5.82. The zero-order valence-corrected chi connectivity index (χ0v) is 17.6. The van der Waals surface area contributed by atoms with Gasteiger partial charge in [-0.2, -0.15) is 0 Å². The molecule has 3 aromatic carbocycles. The normalized spacial score (nSPS) is 13.8. The Morgan fingerprint density at radius 2 is 1.40 bits per heavy atom. The predicted octanol–water partition coefficient (Wildman–Crippen LogP) is 4.34. The van der Waals surface area contributed by atoms with E-state index >= 15 is 0 Å². The summed E-state index contributed by atoms with van der Waals surface area (Å²) in [6.07, 6.45) is 0.0270. The number of rotatable bonds is 6. The van der Waals surface area contributed by atoms with Crippen LogP contribution >= 0.6 is 15.9 Å². The quantitative estimate of drug-likeness (QED) is 0.554. The van der Waals surface area contributed by atoms with E-state index in [1.807, 2.05) is 54.6 Å². The number of nitrogens with zero attached hydrogens (tertiary/aromatic N) is 1. The molecule has 0 radical (unpaired) electrons. The second-order valence-corrected chi connectivity index (χ2v) is 7.84. The van der Waals surface area contributed by atoms with E-state index in [1.165, 1.54) is 0 Å². The molecule has 0 saturated heterocycles. The number of hydrogen-bond donors (Lipinski definition) is 1. The smallest absolute Gasteiger partial charge is 0.261 e. The molecule has 5 nitrogen and oxygen atoms in total. The van der Waals surface area contributed by atoms with Gasteiger partial charge in [0, 0.05) is 17.4 Å². The highest BCUT2D eigenvalue weighted by Crippen LogP contribution is 2.29. The summed E-state index contributed by atoms with van der Waals surface area (Å²) in [6, 6.07) is 23.7. The zero-order valence-electron chi connectivity index (χ0n) is 16.0. The summed E-state index contributed by atoms with van der Waals surface area (Å²) in [4.78, 5) is 38.9. The molecule has 0 saturated carbocycles. The molecule has 0 spiro atoms. The van der Waals surface area contributed by atoms with Gasteiger partial charge in [0.05, 0.1) is 17.2 Å². The van der Waals surface area contributed by atoms with Crippen LogP contribution in [0.2, 0.25) is 0 Å². The first-order valence-corrected chi connectivity index (χ1v) is 10.4. The molecule has 3 amide bonds. The van der Waals surface area contributed by atoms with Gasteiger partial charge in [-0.1, -0.05) is 76.6 Å². The van der Waals surface area contributed by atoms with Crippen molar-refractivity contribution in [2.75, 3.05) is 6.54 Å². The molecule has 0 aliphatic carbocycles. The molecule has 1 atom stereocenters. The first-order chi connectivity index (χ1) is 14.6. The molecular weight excluding hydrogens is 444 g/mol. The first kappa shape index (κ1) is 20.0. The highest BCUT2D eigenvalue weighted by atomic mass is 79.9. The fourth-order valence-corrected chi connectivity index (χ4v) is 4.10. The largest absolute Gasteiger partial charge is 0.345 e. The van der Waals surface area contributed by atoms with Gasteiger partial charge in [-0.3, -0.25) is 19.3 Å². The molecule has 4 rings (SSSR count). The van der Waals surface area contributed by atoms with E-state index in [1.54, 1.807) is 24.3 Å². The third-order valence-electron chi connectivity index (χ3n) is 5.10. The molecular formula is C24H19BrN2O3. The summed E-state index contributed by atoms with van der Waals surface area (Å²) in [6.45, 7) is 0.0374. The summed E-state index contributed by atoms with van der Waals surface area (Å²) in [7, 11) is 0. The van der Waals surface area contributed by atoms with Crippen LogP contribution in [0, 0.1) is 0 Å². The number of nitrogens with one attached hydrogen (secondary N) is 1. The summed E-state index contributed by atoms with van der Waals surface area (Å²) in [5, 5.41) is 3.05. The molecule has 6 heteroatoms. The fraction of sp³-hybridized carbons (Fsp3) is 0.125. The Bertz CT molecular complexity index is 1080. The van der Waals surface area contributed by atoms with Crippen molar-refractivity contribution < 1.29 is 14.4 Å². The molecule has 0 bridgehead atoms. The number of amides is 3.